The summed E-state index contributed by atoms with van der Waals surface area (Å²) in [5.41, 5.74) is 0.660. The van der Waals surface area contributed by atoms with Gasteiger partial charge in [0.15, 0.2) is 11.5 Å². The minimum absolute atomic E-state index is 0.0658. The van der Waals surface area contributed by atoms with Crippen molar-refractivity contribution in [2.45, 2.75) is 18.9 Å². The molecule has 6 nitrogen and oxygen atoms in total. The van der Waals surface area contributed by atoms with Gasteiger partial charge in [0.05, 0.1) is 13.2 Å². The van der Waals surface area contributed by atoms with Crippen molar-refractivity contribution in [2.24, 2.45) is 0 Å². The fraction of sp³-hybridized carbons (Fsp3) is 0.400. The zero-order valence-corrected chi connectivity index (χ0v) is 11.4. The predicted octanol–water partition coefficient (Wildman–Crippen LogP) is 2.07. The maximum atomic E-state index is 10.7. The molecule has 0 aromatic heterocycles. The number of fused-ring (bicyclic) bond motifs is 1. The standard InChI is InChI=1S/C15H16O6/c16-15(17)2-1-10-7-13-14(20-9-19-13)8-12(10)21-11-3-5-18-6-4-11/h1-2,7-8,11H,3-6,9H2,(H,16,17). The maximum Gasteiger partial charge on any atom is 0.328 e. The summed E-state index contributed by atoms with van der Waals surface area (Å²) >= 11 is 0. The highest BCUT2D eigenvalue weighted by atomic mass is 16.7. The molecule has 0 bridgehead atoms. The molecule has 6 heteroatoms. The molecule has 1 N–H and O–H groups in total. The fourth-order valence-electron chi connectivity index (χ4n) is 2.31. The van der Waals surface area contributed by atoms with Gasteiger partial charge in [0.25, 0.3) is 0 Å². The van der Waals surface area contributed by atoms with Gasteiger partial charge in [0.1, 0.15) is 11.9 Å². The molecule has 0 spiro atoms. The largest absolute Gasteiger partial charge is 0.489 e. The maximum absolute atomic E-state index is 10.7. The normalized spacial score (nSPS) is 18.1. The Morgan fingerprint density at radius 1 is 1.24 bits per heavy atom. The van der Waals surface area contributed by atoms with Crippen LogP contribution in [0.4, 0.5) is 0 Å². The van der Waals surface area contributed by atoms with E-state index in [-0.39, 0.29) is 12.9 Å². The molecule has 112 valence electrons. The number of carboxylic acid groups (broad SMARTS) is 1. The number of hydrogen-bond donors (Lipinski definition) is 1. The van der Waals surface area contributed by atoms with Crippen molar-refractivity contribution < 1.29 is 28.8 Å². The van der Waals surface area contributed by atoms with E-state index in [2.05, 4.69) is 0 Å². The number of carboxylic acids is 1. The molecule has 1 aromatic carbocycles. The van der Waals surface area contributed by atoms with Crippen molar-refractivity contribution in [3.05, 3.63) is 23.8 Å². The van der Waals surface area contributed by atoms with E-state index < -0.39 is 5.97 Å². The first-order valence-corrected chi connectivity index (χ1v) is 6.81. The van der Waals surface area contributed by atoms with E-state index in [0.717, 1.165) is 18.9 Å². The molecule has 0 atom stereocenters. The first-order chi connectivity index (χ1) is 10.2. The molecule has 1 saturated heterocycles. The number of aliphatic carboxylic acids is 1. The Hall–Kier alpha value is -2.21. The van der Waals surface area contributed by atoms with Crippen LogP contribution in [0.25, 0.3) is 6.08 Å². The first-order valence-electron chi connectivity index (χ1n) is 6.81. The smallest absolute Gasteiger partial charge is 0.328 e. The lowest BCUT2D eigenvalue weighted by Crippen LogP contribution is -2.26. The van der Waals surface area contributed by atoms with Crippen LogP contribution in [0.2, 0.25) is 0 Å². The third-order valence-corrected chi connectivity index (χ3v) is 3.37. The van der Waals surface area contributed by atoms with Crippen LogP contribution in [-0.4, -0.2) is 37.2 Å². The Kier molecular flexibility index (Phi) is 3.96. The summed E-state index contributed by atoms with van der Waals surface area (Å²) in [4.78, 5) is 10.7. The Balaban J connectivity index is 1.86. The van der Waals surface area contributed by atoms with Crippen LogP contribution in [0.5, 0.6) is 17.2 Å². The molecule has 0 aliphatic carbocycles. The number of benzene rings is 1. The van der Waals surface area contributed by atoms with Crippen LogP contribution in [-0.2, 0) is 9.53 Å². The number of rotatable bonds is 4. The second-order valence-corrected chi connectivity index (χ2v) is 4.84. The quantitative estimate of drug-likeness (QED) is 0.856. The van der Waals surface area contributed by atoms with Crippen molar-refractivity contribution in [2.75, 3.05) is 20.0 Å². The Morgan fingerprint density at radius 2 is 1.95 bits per heavy atom. The summed E-state index contributed by atoms with van der Waals surface area (Å²) in [7, 11) is 0. The predicted molar refractivity (Wildman–Crippen MR) is 73.7 cm³/mol. The fourth-order valence-corrected chi connectivity index (χ4v) is 2.31. The van der Waals surface area contributed by atoms with E-state index in [4.69, 9.17) is 24.1 Å². The van der Waals surface area contributed by atoms with Crippen LogP contribution in [0, 0.1) is 0 Å². The minimum atomic E-state index is -1.01. The molecule has 3 rings (SSSR count). The Morgan fingerprint density at radius 3 is 2.67 bits per heavy atom. The van der Waals surface area contributed by atoms with Crippen LogP contribution < -0.4 is 14.2 Å². The molecule has 0 saturated carbocycles. The van der Waals surface area contributed by atoms with Crippen LogP contribution >= 0.6 is 0 Å². The second-order valence-electron chi connectivity index (χ2n) is 4.84. The minimum Gasteiger partial charge on any atom is -0.489 e. The SMILES string of the molecule is O=C(O)C=Cc1cc2c(cc1OC1CCOCC1)OCO2. The molecule has 0 unspecified atom stereocenters. The zero-order valence-electron chi connectivity index (χ0n) is 11.4. The van der Waals surface area contributed by atoms with E-state index in [1.165, 1.54) is 6.08 Å². The average molecular weight is 292 g/mol. The monoisotopic (exact) mass is 292 g/mol. The van der Waals surface area contributed by atoms with E-state index in [1.807, 2.05) is 0 Å². The van der Waals surface area contributed by atoms with Crippen molar-refractivity contribution in [3.63, 3.8) is 0 Å². The third-order valence-electron chi connectivity index (χ3n) is 3.37. The van der Waals surface area contributed by atoms with Crippen molar-refractivity contribution in [1.82, 2.24) is 0 Å². The van der Waals surface area contributed by atoms with Gasteiger partial charge in [-0.05, 0) is 12.1 Å². The van der Waals surface area contributed by atoms with Gasteiger partial charge < -0.3 is 24.1 Å². The third kappa shape index (κ3) is 3.28. The lowest BCUT2D eigenvalue weighted by atomic mass is 10.1. The van der Waals surface area contributed by atoms with Gasteiger partial charge in [-0.3, -0.25) is 0 Å². The van der Waals surface area contributed by atoms with Crippen molar-refractivity contribution >= 4 is 12.0 Å². The van der Waals surface area contributed by atoms with Crippen molar-refractivity contribution in [1.29, 1.82) is 0 Å². The van der Waals surface area contributed by atoms with Gasteiger partial charge in [-0.2, -0.15) is 0 Å². The molecule has 2 aliphatic rings. The molecular formula is C15H16O6. The summed E-state index contributed by atoms with van der Waals surface area (Å²) in [6.07, 6.45) is 4.27. The molecule has 0 amide bonds. The highest BCUT2D eigenvalue weighted by molar-refractivity contribution is 5.86. The van der Waals surface area contributed by atoms with Crippen LogP contribution in [0.15, 0.2) is 18.2 Å². The Bertz CT molecular complexity index is 560. The summed E-state index contributed by atoms with van der Waals surface area (Å²) in [6.45, 7) is 1.52. The van der Waals surface area contributed by atoms with Gasteiger partial charge in [-0.1, -0.05) is 0 Å². The zero-order chi connectivity index (χ0) is 14.7. The van der Waals surface area contributed by atoms with E-state index in [0.29, 0.717) is 36.0 Å². The molecule has 2 heterocycles. The summed E-state index contributed by atoms with van der Waals surface area (Å²) in [6, 6.07) is 3.48. The number of carbonyl (C=O) groups is 1. The molecular weight excluding hydrogens is 276 g/mol. The lowest BCUT2D eigenvalue weighted by molar-refractivity contribution is -0.131. The van der Waals surface area contributed by atoms with Gasteiger partial charge in [0.2, 0.25) is 6.79 Å². The summed E-state index contributed by atoms with van der Waals surface area (Å²) in [5, 5.41) is 8.78. The first kappa shape index (κ1) is 13.8. The van der Waals surface area contributed by atoms with Gasteiger partial charge in [-0.15, -0.1) is 0 Å². The lowest BCUT2D eigenvalue weighted by Gasteiger charge is -2.24. The average Bonchev–Trinajstić information content (AvgIpc) is 2.93. The van der Waals surface area contributed by atoms with E-state index in [9.17, 15) is 4.79 Å². The summed E-state index contributed by atoms with van der Waals surface area (Å²) < 4.78 is 21.9. The molecule has 2 aliphatic heterocycles. The van der Waals surface area contributed by atoms with E-state index >= 15 is 0 Å². The van der Waals surface area contributed by atoms with E-state index in [1.54, 1.807) is 12.1 Å². The van der Waals surface area contributed by atoms with Crippen LogP contribution in [0.3, 0.4) is 0 Å². The molecule has 1 fully saturated rings. The molecule has 0 radical (unpaired) electrons. The number of hydrogen-bond acceptors (Lipinski definition) is 5. The topological polar surface area (TPSA) is 74.2 Å². The molecule has 1 aromatic rings. The highest BCUT2D eigenvalue weighted by Crippen LogP contribution is 2.39. The summed E-state index contributed by atoms with van der Waals surface area (Å²) in [5.74, 6) is 0.803. The Labute approximate surface area is 121 Å². The highest BCUT2D eigenvalue weighted by Gasteiger charge is 2.21. The van der Waals surface area contributed by atoms with Gasteiger partial charge >= 0.3 is 5.97 Å². The van der Waals surface area contributed by atoms with Gasteiger partial charge in [0, 0.05) is 30.5 Å². The second kappa shape index (κ2) is 6.05. The van der Waals surface area contributed by atoms with Crippen molar-refractivity contribution in [3.8, 4) is 17.2 Å². The van der Waals surface area contributed by atoms with Crippen LogP contribution in [0.1, 0.15) is 18.4 Å². The van der Waals surface area contributed by atoms with Gasteiger partial charge in [-0.25, -0.2) is 4.79 Å². The number of ether oxygens (including phenoxy) is 4. The molecule has 21 heavy (non-hydrogen) atoms.